The molecular weight excluding hydrogens is 195 g/mol. The first-order chi connectivity index (χ1) is 7.19. The van der Waals surface area contributed by atoms with Gasteiger partial charge in [-0.15, -0.1) is 0 Å². The average molecular weight is 208 g/mol. The molecule has 0 unspecified atom stereocenters. The maximum Gasteiger partial charge on any atom is 0.147 e. The minimum absolute atomic E-state index is 0.256. The van der Waals surface area contributed by atoms with E-state index in [0.717, 1.165) is 10.9 Å². The second kappa shape index (κ2) is 3.55. The molecule has 0 atom stereocenters. The molecule has 0 amide bonds. The molecule has 80 valence electrons. The number of hydrogen-bond donors (Lipinski definition) is 1. The summed E-state index contributed by atoms with van der Waals surface area (Å²) in [6, 6.07) is 3.03. The Labute approximate surface area is 87.2 Å². The highest BCUT2D eigenvalue weighted by atomic mass is 19.1. The summed E-state index contributed by atoms with van der Waals surface area (Å²) in [7, 11) is 3.37. The summed E-state index contributed by atoms with van der Waals surface area (Å²) in [5.41, 5.74) is 7.04. The van der Waals surface area contributed by atoms with Crippen molar-refractivity contribution in [3.8, 4) is 5.75 Å². The number of fused-ring (bicyclic) bond motifs is 1. The Kier molecular flexibility index (Phi) is 2.36. The van der Waals surface area contributed by atoms with E-state index in [9.17, 15) is 4.39 Å². The Bertz CT molecular complexity index is 505. The quantitative estimate of drug-likeness (QED) is 0.817. The van der Waals surface area contributed by atoms with E-state index in [4.69, 9.17) is 10.5 Å². The van der Waals surface area contributed by atoms with Crippen molar-refractivity contribution < 1.29 is 9.13 Å². The van der Waals surface area contributed by atoms with Gasteiger partial charge in [-0.25, -0.2) is 4.39 Å². The van der Waals surface area contributed by atoms with Crippen LogP contribution >= 0.6 is 0 Å². The van der Waals surface area contributed by atoms with Crippen LogP contribution in [0.15, 0.2) is 18.3 Å². The number of nitrogens with two attached hydrogens (primary N) is 1. The van der Waals surface area contributed by atoms with E-state index in [2.05, 4.69) is 0 Å². The van der Waals surface area contributed by atoms with E-state index in [1.807, 2.05) is 6.20 Å². The Morgan fingerprint density at radius 3 is 2.80 bits per heavy atom. The van der Waals surface area contributed by atoms with E-state index < -0.39 is 0 Å². The van der Waals surface area contributed by atoms with Gasteiger partial charge in [0.05, 0.1) is 12.6 Å². The topological polar surface area (TPSA) is 40.2 Å². The molecule has 0 saturated carbocycles. The van der Waals surface area contributed by atoms with Crippen LogP contribution in [-0.4, -0.2) is 11.7 Å². The van der Waals surface area contributed by atoms with E-state index in [-0.39, 0.29) is 5.82 Å². The summed E-state index contributed by atoms with van der Waals surface area (Å²) in [4.78, 5) is 0. The van der Waals surface area contributed by atoms with E-state index in [1.54, 1.807) is 24.8 Å². The first-order valence-electron chi connectivity index (χ1n) is 4.69. The molecule has 1 aromatic heterocycles. The average Bonchev–Trinajstić information content (AvgIpc) is 2.58. The minimum Gasteiger partial charge on any atom is -0.496 e. The number of nitrogens with zero attached hydrogens (tertiary/aromatic N) is 1. The van der Waals surface area contributed by atoms with Crippen LogP contribution in [0.25, 0.3) is 10.9 Å². The van der Waals surface area contributed by atoms with Crippen molar-refractivity contribution in [2.24, 2.45) is 12.8 Å². The van der Waals surface area contributed by atoms with Crippen molar-refractivity contribution in [3.63, 3.8) is 0 Å². The second-order valence-corrected chi connectivity index (χ2v) is 3.44. The van der Waals surface area contributed by atoms with Crippen molar-refractivity contribution in [1.82, 2.24) is 4.57 Å². The molecule has 1 heterocycles. The van der Waals surface area contributed by atoms with Crippen LogP contribution in [0.5, 0.6) is 5.75 Å². The molecule has 15 heavy (non-hydrogen) atoms. The van der Waals surface area contributed by atoms with Gasteiger partial charge in [-0.1, -0.05) is 0 Å². The van der Waals surface area contributed by atoms with Gasteiger partial charge in [-0.3, -0.25) is 0 Å². The van der Waals surface area contributed by atoms with Gasteiger partial charge in [0.1, 0.15) is 11.6 Å². The summed E-state index contributed by atoms with van der Waals surface area (Å²) >= 11 is 0. The summed E-state index contributed by atoms with van der Waals surface area (Å²) in [5, 5.41) is 0.766. The van der Waals surface area contributed by atoms with Crippen molar-refractivity contribution >= 4 is 10.9 Å². The molecule has 0 aliphatic heterocycles. The van der Waals surface area contributed by atoms with Crippen molar-refractivity contribution in [1.29, 1.82) is 0 Å². The van der Waals surface area contributed by atoms with Gasteiger partial charge in [0.15, 0.2) is 0 Å². The van der Waals surface area contributed by atoms with Gasteiger partial charge in [0.25, 0.3) is 0 Å². The zero-order chi connectivity index (χ0) is 11.0. The third kappa shape index (κ3) is 1.37. The highest BCUT2D eigenvalue weighted by Crippen LogP contribution is 2.31. The summed E-state index contributed by atoms with van der Waals surface area (Å²) in [6.45, 7) is 0.372. The first kappa shape index (κ1) is 9.98. The standard InChI is InChI=1S/C11H13FN2O/c1-14-6-7(5-13)10-9(15-2)4-3-8(12)11(10)14/h3-4,6H,5,13H2,1-2H3. The summed E-state index contributed by atoms with van der Waals surface area (Å²) < 4.78 is 20.5. The zero-order valence-corrected chi connectivity index (χ0v) is 8.75. The van der Waals surface area contributed by atoms with Crippen molar-refractivity contribution in [2.75, 3.05) is 7.11 Å². The molecule has 2 aromatic rings. The SMILES string of the molecule is COc1ccc(F)c2c1c(CN)cn2C. The highest BCUT2D eigenvalue weighted by molar-refractivity contribution is 5.90. The first-order valence-corrected chi connectivity index (χ1v) is 4.69. The molecular formula is C11H13FN2O. The lowest BCUT2D eigenvalue weighted by molar-refractivity contribution is 0.419. The van der Waals surface area contributed by atoms with Crippen LogP contribution in [0, 0.1) is 5.82 Å². The van der Waals surface area contributed by atoms with Crippen LogP contribution in [-0.2, 0) is 13.6 Å². The third-order valence-corrected chi connectivity index (χ3v) is 2.55. The lowest BCUT2D eigenvalue weighted by Gasteiger charge is -2.04. The molecule has 3 nitrogen and oxygen atoms in total. The zero-order valence-electron chi connectivity index (χ0n) is 8.75. The summed E-state index contributed by atoms with van der Waals surface area (Å²) in [5.74, 6) is 0.403. The van der Waals surface area contributed by atoms with Gasteiger partial charge >= 0.3 is 0 Å². The Morgan fingerprint density at radius 2 is 2.20 bits per heavy atom. The van der Waals surface area contributed by atoms with Crippen LogP contribution in [0.4, 0.5) is 4.39 Å². The van der Waals surface area contributed by atoms with E-state index in [0.29, 0.717) is 17.8 Å². The molecule has 0 bridgehead atoms. The maximum atomic E-state index is 13.6. The monoisotopic (exact) mass is 208 g/mol. The predicted octanol–water partition coefficient (Wildman–Crippen LogP) is 1.78. The molecule has 0 spiro atoms. The van der Waals surface area contributed by atoms with Crippen molar-refractivity contribution in [3.05, 3.63) is 29.7 Å². The fourth-order valence-corrected chi connectivity index (χ4v) is 1.89. The van der Waals surface area contributed by atoms with Gasteiger partial charge in [-0.05, 0) is 17.7 Å². The smallest absolute Gasteiger partial charge is 0.147 e. The Hall–Kier alpha value is -1.55. The molecule has 2 N–H and O–H groups in total. The Morgan fingerprint density at radius 1 is 1.47 bits per heavy atom. The van der Waals surface area contributed by atoms with E-state index in [1.165, 1.54) is 6.07 Å². The molecule has 0 aliphatic carbocycles. The number of halogens is 1. The fraction of sp³-hybridized carbons (Fsp3) is 0.273. The normalized spacial score (nSPS) is 10.9. The van der Waals surface area contributed by atoms with Gasteiger partial charge in [0, 0.05) is 25.2 Å². The molecule has 0 aliphatic rings. The van der Waals surface area contributed by atoms with Crippen LogP contribution in [0.1, 0.15) is 5.56 Å². The molecule has 1 aromatic carbocycles. The lowest BCUT2D eigenvalue weighted by Crippen LogP contribution is -1.95. The highest BCUT2D eigenvalue weighted by Gasteiger charge is 2.14. The number of methoxy groups -OCH3 is 1. The van der Waals surface area contributed by atoms with Gasteiger partial charge in [0.2, 0.25) is 0 Å². The van der Waals surface area contributed by atoms with Crippen LogP contribution < -0.4 is 10.5 Å². The molecule has 0 radical (unpaired) electrons. The second-order valence-electron chi connectivity index (χ2n) is 3.44. The minimum atomic E-state index is -0.256. The fourth-order valence-electron chi connectivity index (χ4n) is 1.89. The molecule has 4 heteroatoms. The van der Waals surface area contributed by atoms with E-state index >= 15 is 0 Å². The molecule has 2 rings (SSSR count). The Balaban J connectivity index is 2.90. The molecule has 0 fully saturated rings. The van der Waals surface area contributed by atoms with Gasteiger partial charge in [-0.2, -0.15) is 0 Å². The number of hydrogen-bond acceptors (Lipinski definition) is 2. The van der Waals surface area contributed by atoms with Crippen molar-refractivity contribution in [2.45, 2.75) is 6.54 Å². The number of benzene rings is 1. The van der Waals surface area contributed by atoms with Crippen LogP contribution in [0.3, 0.4) is 0 Å². The predicted molar refractivity (Wildman–Crippen MR) is 57.3 cm³/mol. The lowest BCUT2D eigenvalue weighted by atomic mass is 10.1. The molecule has 0 saturated heterocycles. The third-order valence-electron chi connectivity index (χ3n) is 2.55. The largest absolute Gasteiger partial charge is 0.496 e. The van der Waals surface area contributed by atoms with Gasteiger partial charge < -0.3 is 15.0 Å². The number of aryl methyl sites for hydroxylation is 1. The van der Waals surface area contributed by atoms with Crippen LogP contribution in [0.2, 0.25) is 0 Å². The maximum absolute atomic E-state index is 13.6. The summed E-state index contributed by atoms with van der Waals surface area (Å²) in [6.07, 6.45) is 1.83. The number of aromatic nitrogens is 1. The number of ether oxygens (including phenoxy) is 1. The number of rotatable bonds is 2.